The van der Waals surface area contributed by atoms with Crippen molar-refractivity contribution in [2.24, 2.45) is 0 Å². The number of fused-ring (bicyclic) bond motifs is 3. The number of rotatable bonds is 4. The van der Waals surface area contributed by atoms with Crippen LogP contribution in [0.15, 0.2) is 57.7 Å². The number of ether oxygens (including phenoxy) is 2. The van der Waals surface area contributed by atoms with Gasteiger partial charge in [0.1, 0.15) is 11.3 Å². The number of nitro groups is 1. The summed E-state index contributed by atoms with van der Waals surface area (Å²) in [4.78, 5) is 23.2. The zero-order valence-electron chi connectivity index (χ0n) is 14.6. The molecule has 0 unspecified atom stereocenters. The van der Waals surface area contributed by atoms with E-state index in [1.807, 2.05) is 19.1 Å². The summed E-state index contributed by atoms with van der Waals surface area (Å²) in [5.74, 6) is 0.113. The summed E-state index contributed by atoms with van der Waals surface area (Å²) in [6, 6.07) is 13.4. The Kier molecular flexibility index (Phi) is 4.37. The minimum absolute atomic E-state index is 0.00191. The highest BCUT2D eigenvalue weighted by molar-refractivity contribution is 5.85. The van der Waals surface area contributed by atoms with Gasteiger partial charge in [0.15, 0.2) is 0 Å². The first-order valence-electron chi connectivity index (χ1n) is 8.67. The molecule has 0 spiro atoms. The van der Waals surface area contributed by atoms with Gasteiger partial charge in [-0.3, -0.25) is 10.1 Å². The van der Waals surface area contributed by atoms with Gasteiger partial charge in [0.05, 0.1) is 15.9 Å². The van der Waals surface area contributed by atoms with E-state index in [9.17, 15) is 14.9 Å². The van der Waals surface area contributed by atoms with Gasteiger partial charge in [-0.2, -0.15) is 0 Å². The van der Waals surface area contributed by atoms with E-state index in [2.05, 4.69) is 0 Å². The molecule has 27 heavy (non-hydrogen) atoms. The van der Waals surface area contributed by atoms with Gasteiger partial charge in [-0.1, -0.05) is 24.3 Å². The molecule has 0 radical (unpaired) electrons. The summed E-state index contributed by atoms with van der Waals surface area (Å²) in [5.41, 5.74) is 1.16. The summed E-state index contributed by atoms with van der Waals surface area (Å²) in [7, 11) is 0. The largest absolute Gasteiger partial charge is 0.464 e. The second-order valence-electron chi connectivity index (χ2n) is 6.27. The van der Waals surface area contributed by atoms with Crippen molar-refractivity contribution in [2.45, 2.75) is 25.6 Å². The van der Waals surface area contributed by atoms with Crippen molar-refractivity contribution in [3.63, 3.8) is 0 Å². The Hall–Kier alpha value is -3.19. The first-order valence-corrected chi connectivity index (χ1v) is 8.67. The van der Waals surface area contributed by atoms with Gasteiger partial charge in [-0.25, -0.2) is 4.79 Å². The Morgan fingerprint density at radius 3 is 2.63 bits per heavy atom. The second-order valence-corrected chi connectivity index (χ2v) is 6.27. The van der Waals surface area contributed by atoms with Gasteiger partial charge in [0.2, 0.25) is 6.29 Å². The van der Waals surface area contributed by atoms with Crippen LogP contribution in [0.3, 0.4) is 0 Å². The van der Waals surface area contributed by atoms with Crippen LogP contribution in [0.1, 0.15) is 30.4 Å². The molecule has 0 N–H and O–H groups in total. The van der Waals surface area contributed by atoms with E-state index in [1.165, 1.54) is 12.1 Å². The van der Waals surface area contributed by atoms with Crippen molar-refractivity contribution < 1.29 is 18.8 Å². The Balaban J connectivity index is 1.89. The van der Waals surface area contributed by atoms with Crippen LogP contribution in [-0.2, 0) is 4.74 Å². The van der Waals surface area contributed by atoms with E-state index in [-0.39, 0.29) is 11.6 Å². The molecule has 2 aromatic carbocycles. The predicted molar refractivity (Wildman–Crippen MR) is 98.1 cm³/mol. The SMILES string of the molecule is CCO[C@@H]1C[C@H](c2ccc([N+](=O)[O-])cc2)c2c(c3ccccc3oc2=O)O1. The lowest BCUT2D eigenvalue weighted by molar-refractivity contribution is -0.384. The Morgan fingerprint density at radius 2 is 1.93 bits per heavy atom. The average Bonchev–Trinajstić information content (AvgIpc) is 2.68. The highest BCUT2D eigenvalue weighted by Gasteiger charge is 2.34. The highest BCUT2D eigenvalue weighted by atomic mass is 16.7. The van der Waals surface area contributed by atoms with Crippen molar-refractivity contribution in [1.29, 1.82) is 0 Å². The third-order valence-electron chi connectivity index (χ3n) is 4.68. The normalized spacial score (nSPS) is 18.7. The van der Waals surface area contributed by atoms with Crippen molar-refractivity contribution >= 4 is 16.7 Å². The fraction of sp³-hybridized carbons (Fsp3) is 0.250. The smallest absolute Gasteiger partial charge is 0.343 e. The molecular formula is C20H17NO6. The molecule has 3 aromatic rings. The lowest BCUT2D eigenvalue weighted by Gasteiger charge is -2.31. The van der Waals surface area contributed by atoms with Crippen LogP contribution in [-0.4, -0.2) is 17.8 Å². The molecule has 2 heterocycles. The third kappa shape index (κ3) is 3.06. The molecule has 1 aromatic heterocycles. The first kappa shape index (κ1) is 17.2. The highest BCUT2D eigenvalue weighted by Crippen LogP contribution is 2.42. The zero-order valence-corrected chi connectivity index (χ0v) is 14.6. The van der Waals surface area contributed by atoms with Crippen molar-refractivity contribution in [1.82, 2.24) is 0 Å². The Morgan fingerprint density at radius 1 is 1.19 bits per heavy atom. The maximum atomic E-state index is 12.7. The van der Waals surface area contributed by atoms with Crippen LogP contribution >= 0.6 is 0 Å². The number of non-ortho nitro benzene ring substituents is 1. The number of para-hydroxylation sites is 1. The summed E-state index contributed by atoms with van der Waals surface area (Å²) in [6.45, 7) is 2.34. The van der Waals surface area contributed by atoms with Gasteiger partial charge < -0.3 is 13.9 Å². The topological polar surface area (TPSA) is 91.8 Å². The van der Waals surface area contributed by atoms with E-state index in [1.54, 1.807) is 24.3 Å². The fourth-order valence-electron chi connectivity index (χ4n) is 3.47. The molecule has 0 bridgehead atoms. The van der Waals surface area contributed by atoms with Gasteiger partial charge in [-0.15, -0.1) is 0 Å². The molecule has 4 rings (SSSR count). The van der Waals surface area contributed by atoms with Gasteiger partial charge in [-0.05, 0) is 24.6 Å². The Labute approximate surface area is 154 Å². The summed E-state index contributed by atoms with van der Waals surface area (Å²) < 4.78 is 17.2. The van der Waals surface area contributed by atoms with Crippen LogP contribution < -0.4 is 10.4 Å². The van der Waals surface area contributed by atoms with Gasteiger partial charge in [0.25, 0.3) is 5.69 Å². The Bertz CT molecular complexity index is 1060. The molecule has 0 aliphatic carbocycles. The minimum atomic E-state index is -0.520. The molecule has 138 valence electrons. The van der Waals surface area contributed by atoms with Crippen LogP contribution in [0, 0.1) is 10.1 Å². The number of nitro benzene ring substituents is 1. The van der Waals surface area contributed by atoms with E-state index in [0.29, 0.717) is 35.3 Å². The number of nitrogens with zero attached hydrogens (tertiary/aromatic N) is 1. The second kappa shape index (κ2) is 6.85. The molecule has 7 heteroatoms. The summed E-state index contributed by atoms with van der Waals surface area (Å²) in [5, 5.41) is 11.6. The molecule has 7 nitrogen and oxygen atoms in total. The van der Waals surface area contributed by atoms with Crippen molar-refractivity contribution in [3.8, 4) is 5.75 Å². The third-order valence-corrected chi connectivity index (χ3v) is 4.68. The monoisotopic (exact) mass is 367 g/mol. The molecule has 1 aliphatic heterocycles. The van der Waals surface area contributed by atoms with E-state index >= 15 is 0 Å². The van der Waals surface area contributed by atoms with Crippen LogP contribution in [0.4, 0.5) is 5.69 Å². The molecule has 2 atom stereocenters. The number of benzene rings is 2. The first-order chi connectivity index (χ1) is 13.1. The summed E-state index contributed by atoms with van der Waals surface area (Å²) >= 11 is 0. The van der Waals surface area contributed by atoms with Gasteiger partial charge >= 0.3 is 5.63 Å². The zero-order chi connectivity index (χ0) is 19.0. The molecule has 0 saturated carbocycles. The van der Waals surface area contributed by atoms with Crippen LogP contribution in [0.25, 0.3) is 11.0 Å². The average molecular weight is 367 g/mol. The lowest BCUT2D eigenvalue weighted by Crippen LogP contribution is -2.32. The number of hydrogen-bond donors (Lipinski definition) is 0. The standard InChI is InChI=1S/C20H17NO6/c1-2-25-17-11-15(12-7-9-13(10-8-12)21(23)24)18-19(27-17)14-5-3-4-6-16(14)26-20(18)22/h3-10,15,17H,2,11H2,1H3/t15-,17+/m1/s1. The molecule has 0 saturated heterocycles. The van der Waals surface area contributed by atoms with E-state index in [0.717, 1.165) is 5.56 Å². The van der Waals surface area contributed by atoms with E-state index < -0.39 is 16.8 Å². The van der Waals surface area contributed by atoms with Crippen LogP contribution in [0.5, 0.6) is 5.75 Å². The van der Waals surface area contributed by atoms with Crippen molar-refractivity contribution in [3.05, 3.63) is 80.2 Å². The molecular weight excluding hydrogens is 350 g/mol. The molecule has 0 amide bonds. The van der Waals surface area contributed by atoms with E-state index in [4.69, 9.17) is 13.9 Å². The van der Waals surface area contributed by atoms with Crippen LogP contribution in [0.2, 0.25) is 0 Å². The maximum absolute atomic E-state index is 12.7. The lowest BCUT2D eigenvalue weighted by atomic mass is 9.86. The maximum Gasteiger partial charge on any atom is 0.343 e. The van der Waals surface area contributed by atoms with Gasteiger partial charge in [0, 0.05) is 31.1 Å². The number of hydrogen-bond acceptors (Lipinski definition) is 6. The fourth-order valence-corrected chi connectivity index (χ4v) is 3.47. The quantitative estimate of drug-likeness (QED) is 0.393. The molecule has 0 fully saturated rings. The summed E-state index contributed by atoms with van der Waals surface area (Å²) in [6.07, 6.45) is -0.102. The molecule has 1 aliphatic rings. The predicted octanol–water partition coefficient (Wildman–Crippen LogP) is 3.98. The minimum Gasteiger partial charge on any atom is -0.464 e. The van der Waals surface area contributed by atoms with Crippen molar-refractivity contribution in [2.75, 3.05) is 6.61 Å².